The number of fused-ring (bicyclic) bond motifs is 1. The van der Waals surface area contributed by atoms with E-state index in [9.17, 15) is 4.79 Å². The molecule has 0 unspecified atom stereocenters. The molecule has 0 spiro atoms. The highest BCUT2D eigenvalue weighted by Gasteiger charge is 2.21. The highest BCUT2D eigenvalue weighted by molar-refractivity contribution is 5.81. The van der Waals surface area contributed by atoms with Crippen LogP contribution in [0.15, 0.2) is 18.2 Å². The van der Waals surface area contributed by atoms with E-state index >= 15 is 0 Å². The summed E-state index contributed by atoms with van der Waals surface area (Å²) < 4.78 is 0. The van der Waals surface area contributed by atoms with Crippen molar-refractivity contribution in [1.29, 1.82) is 0 Å². The zero-order valence-electron chi connectivity index (χ0n) is 10.1. The molecule has 0 fully saturated rings. The van der Waals surface area contributed by atoms with E-state index in [1.165, 1.54) is 16.8 Å². The van der Waals surface area contributed by atoms with Gasteiger partial charge in [-0.15, -0.1) is 0 Å². The Morgan fingerprint density at radius 2 is 2.25 bits per heavy atom. The van der Waals surface area contributed by atoms with Crippen LogP contribution in [-0.4, -0.2) is 18.9 Å². The summed E-state index contributed by atoms with van der Waals surface area (Å²) in [4.78, 5) is 13.7. The van der Waals surface area contributed by atoms with Gasteiger partial charge in [-0.1, -0.05) is 25.1 Å². The number of benzene rings is 1. The Balaban J connectivity index is 2.33. The first kappa shape index (κ1) is 11.2. The standard InChI is InChI=1S/C14H19NO/c1-3-8-15-9-7-12-5-4-6-13(14(12)15)10-11(2)16/h4-6H,3,7-10H2,1-2H3. The number of anilines is 1. The maximum Gasteiger partial charge on any atom is 0.134 e. The lowest BCUT2D eigenvalue weighted by Gasteiger charge is -2.21. The van der Waals surface area contributed by atoms with Crippen molar-refractivity contribution in [3.05, 3.63) is 29.3 Å². The molecule has 0 amide bonds. The van der Waals surface area contributed by atoms with Crippen molar-refractivity contribution in [1.82, 2.24) is 0 Å². The molecule has 0 radical (unpaired) electrons. The molecule has 0 saturated heterocycles. The number of rotatable bonds is 4. The fourth-order valence-corrected chi connectivity index (χ4v) is 2.52. The maximum atomic E-state index is 11.3. The average Bonchev–Trinajstić information content (AvgIpc) is 2.62. The van der Waals surface area contributed by atoms with Gasteiger partial charge in [-0.25, -0.2) is 0 Å². The quantitative estimate of drug-likeness (QED) is 0.772. The van der Waals surface area contributed by atoms with Crippen LogP contribution >= 0.6 is 0 Å². The molecular weight excluding hydrogens is 198 g/mol. The number of Topliss-reactive ketones (excluding diaryl/α,β-unsaturated/α-hetero) is 1. The number of para-hydroxylation sites is 1. The minimum atomic E-state index is 0.247. The van der Waals surface area contributed by atoms with Crippen LogP contribution in [0.2, 0.25) is 0 Å². The lowest BCUT2D eigenvalue weighted by atomic mass is 10.0. The average molecular weight is 217 g/mol. The van der Waals surface area contributed by atoms with Gasteiger partial charge in [-0.05, 0) is 30.9 Å². The minimum Gasteiger partial charge on any atom is -0.371 e. The van der Waals surface area contributed by atoms with Crippen molar-refractivity contribution in [3.8, 4) is 0 Å². The van der Waals surface area contributed by atoms with Gasteiger partial charge in [0.2, 0.25) is 0 Å². The third-order valence-corrected chi connectivity index (χ3v) is 3.10. The van der Waals surface area contributed by atoms with Crippen molar-refractivity contribution in [3.63, 3.8) is 0 Å². The summed E-state index contributed by atoms with van der Waals surface area (Å²) in [6, 6.07) is 6.36. The first-order chi connectivity index (χ1) is 7.72. The lowest BCUT2D eigenvalue weighted by molar-refractivity contribution is -0.116. The SMILES string of the molecule is CCCN1CCc2cccc(CC(C)=O)c21. The summed E-state index contributed by atoms with van der Waals surface area (Å²) >= 11 is 0. The van der Waals surface area contributed by atoms with Gasteiger partial charge in [0.1, 0.15) is 5.78 Å². The second-order valence-corrected chi connectivity index (χ2v) is 4.54. The van der Waals surface area contributed by atoms with Gasteiger partial charge in [-0.3, -0.25) is 4.79 Å². The van der Waals surface area contributed by atoms with E-state index in [4.69, 9.17) is 0 Å². The topological polar surface area (TPSA) is 20.3 Å². The van der Waals surface area contributed by atoms with E-state index in [1.54, 1.807) is 6.92 Å². The van der Waals surface area contributed by atoms with Gasteiger partial charge in [0.05, 0.1) is 0 Å². The van der Waals surface area contributed by atoms with Gasteiger partial charge in [0.15, 0.2) is 0 Å². The molecule has 0 saturated carbocycles. The largest absolute Gasteiger partial charge is 0.371 e. The summed E-state index contributed by atoms with van der Waals surface area (Å²) in [6.07, 6.45) is 2.86. The molecule has 16 heavy (non-hydrogen) atoms. The zero-order valence-corrected chi connectivity index (χ0v) is 10.1. The van der Waals surface area contributed by atoms with E-state index in [0.29, 0.717) is 6.42 Å². The molecule has 0 atom stereocenters. The van der Waals surface area contributed by atoms with Crippen molar-refractivity contribution in [2.45, 2.75) is 33.1 Å². The highest BCUT2D eigenvalue weighted by Crippen LogP contribution is 2.32. The molecule has 0 bridgehead atoms. The van der Waals surface area contributed by atoms with Crippen LogP contribution in [0.1, 0.15) is 31.4 Å². The summed E-state index contributed by atoms with van der Waals surface area (Å²) in [5, 5.41) is 0. The summed E-state index contributed by atoms with van der Waals surface area (Å²) in [7, 11) is 0. The van der Waals surface area contributed by atoms with E-state index in [2.05, 4.69) is 30.0 Å². The molecule has 1 aliphatic rings. The second-order valence-electron chi connectivity index (χ2n) is 4.54. The van der Waals surface area contributed by atoms with Crippen molar-refractivity contribution in [2.24, 2.45) is 0 Å². The molecule has 1 aromatic carbocycles. The number of carbonyl (C=O) groups is 1. The van der Waals surface area contributed by atoms with Gasteiger partial charge >= 0.3 is 0 Å². The molecule has 2 heteroatoms. The van der Waals surface area contributed by atoms with Gasteiger partial charge in [0.25, 0.3) is 0 Å². The van der Waals surface area contributed by atoms with E-state index in [1.807, 2.05) is 0 Å². The predicted octanol–water partition coefficient (Wildman–Crippen LogP) is 2.59. The summed E-state index contributed by atoms with van der Waals surface area (Å²) in [5.41, 5.74) is 3.95. The lowest BCUT2D eigenvalue weighted by Crippen LogP contribution is -2.22. The van der Waals surface area contributed by atoms with E-state index in [0.717, 1.165) is 25.9 Å². The monoisotopic (exact) mass is 217 g/mol. The summed E-state index contributed by atoms with van der Waals surface area (Å²) in [6.45, 7) is 6.07. The van der Waals surface area contributed by atoms with E-state index in [-0.39, 0.29) is 5.78 Å². The Kier molecular flexibility index (Phi) is 3.28. The van der Waals surface area contributed by atoms with Crippen LogP contribution in [0.5, 0.6) is 0 Å². The Labute approximate surface area is 97.3 Å². The molecule has 0 aromatic heterocycles. The van der Waals surface area contributed by atoms with Gasteiger partial charge < -0.3 is 4.90 Å². The predicted molar refractivity (Wildman–Crippen MR) is 67.0 cm³/mol. The molecule has 2 nitrogen and oxygen atoms in total. The number of nitrogens with zero attached hydrogens (tertiary/aromatic N) is 1. The third-order valence-electron chi connectivity index (χ3n) is 3.10. The van der Waals surface area contributed by atoms with Crippen molar-refractivity contribution in [2.75, 3.05) is 18.0 Å². The fourth-order valence-electron chi connectivity index (χ4n) is 2.52. The molecule has 0 aliphatic carbocycles. The second kappa shape index (κ2) is 4.69. The van der Waals surface area contributed by atoms with Crippen LogP contribution in [-0.2, 0) is 17.6 Å². The number of hydrogen-bond donors (Lipinski definition) is 0. The Morgan fingerprint density at radius 1 is 1.44 bits per heavy atom. The van der Waals surface area contributed by atoms with Crippen LogP contribution in [0.3, 0.4) is 0 Å². The Bertz CT molecular complexity index is 396. The van der Waals surface area contributed by atoms with Crippen molar-refractivity contribution < 1.29 is 4.79 Å². The molecular formula is C14H19NO. The van der Waals surface area contributed by atoms with E-state index < -0.39 is 0 Å². The van der Waals surface area contributed by atoms with Crippen LogP contribution in [0, 0.1) is 0 Å². The molecule has 1 aromatic rings. The number of ketones is 1. The number of carbonyl (C=O) groups excluding carboxylic acids is 1. The smallest absolute Gasteiger partial charge is 0.134 e. The summed E-state index contributed by atoms with van der Waals surface area (Å²) in [5.74, 6) is 0.247. The first-order valence-corrected chi connectivity index (χ1v) is 6.07. The minimum absolute atomic E-state index is 0.247. The van der Waals surface area contributed by atoms with Gasteiger partial charge in [-0.2, -0.15) is 0 Å². The maximum absolute atomic E-state index is 11.3. The molecule has 1 aliphatic heterocycles. The molecule has 1 heterocycles. The fraction of sp³-hybridized carbons (Fsp3) is 0.500. The third kappa shape index (κ3) is 2.11. The Hall–Kier alpha value is -1.31. The van der Waals surface area contributed by atoms with Crippen LogP contribution < -0.4 is 4.90 Å². The first-order valence-electron chi connectivity index (χ1n) is 6.07. The van der Waals surface area contributed by atoms with Crippen LogP contribution in [0.25, 0.3) is 0 Å². The molecule has 86 valence electrons. The Morgan fingerprint density at radius 3 is 2.94 bits per heavy atom. The number of hydrogen-bond acceptors (Lipinski definition) is 2. The van der Waals surface area contributed by atoms with Gasteiger partial charge in [0, 0.05) is 25.2 Å². The highest BCUT2D eigenvalue weighted by atomic mass is 16.1. The van der Waals surface area contributed by atoms with Crippen LogP contribution in [0.4, 0.5) is 5.69 Å². The zero-order chi connectivity index (χ0) is 11.5. The molecule has 0 N–H and O–H groups in total. The van der Waals surface area contributed by atoms with Crippen molar-refractivity contribution >= 4 is 11.5 Å². The normalized spacial score (nSPS) is 14.0. The molecule has 2 rings (SSSR count).